The summed E-state index contributed by atoms with van der Waals surface area (Å²) in [5.41, 5.74) is 5.92. The summed E-state index contributed by atoms with van der Waals surface area (Å²) in [6, 6.07) is 0. The van der Waals surface area contributed by atoms with Gasteiger partial charge in [0, 0.05) is 30.5 Å². The lowest BCUT2D eigenvalue weighted by atomic mass is 9.87. The van der Waals surface area contributed by atoms with E-state index in [4.69, 9.17) is 20.3 Å². The van der Waals surface area contributed by atoms with E-state index < -0.39 is 0 Å². The van der Waals surface area contributed by atoms with Crippen LogP contribution in [0.1, 0.15) is 31.4 Å². The van der Waals surface area contributed by atoms with Gasteiger partial charge in [0.15, 0.2) is 5.82 Å². The molecule has 0 bridgehead atoms. The summed E-state index contributed by atoms with van der Waals surface area (Å²) in [4.78, 5) is 17.2. The van der Waals surface area contributed by atoms with Gasteiger partial charge in [-0.2, -0.15) is 0 Å². The molecule has 28 heavy (non-hydrogen) atoms. The minimum atomic E-state index is -0.181. The maximum Gasteiger partial charge on any atom is 0.161 e. The highest BCUT2D eigenvalue weighted by atomic mass is 32.1. The zero-order valence-corrected chi connectivity index (χ0v) is 16.9. The largest absolute Gasteiger partial charge is 0.378 e. The Morgan fingerprint density at radius 1 is 1.29 bits per heavy atom. The first-order chi connectivity index (χ1) is 13.6. The van der Waals surface area contributed by atoms with E-state index >= 15 is 0 Å². The third-order valence-electron chi connectivity index (χ3n) is 5.91. The molecular formula is C19H24N6O2S. The van der Waals surface area contributed by atoms with Gasteiger partial charge in [0.2, 0.25) is 0 Å². The number of aromatic nitrogens is 3. The Balaban J connectivity index is 1.80. The van der Waals surface area contributed by atoms with Crippen LogP contribution in [0.3, 0.4) is 0 Å². The van der Waals surface area contributed by atoms with Crippen molar-refractivity contribution in [3.05, 3.63) is 17.5 Å². The molecule has 0 saturated carbocycles. The minimum Gasteiger partial charge on any atom is -0.378 e. The van der Waals surface area contributed by atoms with Gasteiger partial charge < -0.3 is 19.8 Å². The normalized spacial score (nSPS) is 22.6. The van der Waals surface area contributed by atoms with Gasteiger partial charge in [-0.15, -0.1) is 11.3 Å². The average molecular weight is 401 g/mol. The number of hydrogen-bond acceptors (Lipinski definition) is 9. The van der Waals surface area contributed by atoms with Gasteiger partial charge in [-0.1, -0.05) is 6.92 Å². The number of rotatable bonds is 3. The minimum absolute atomic E-state index is 0.181. The Kier molecular flexibility index (Phi) is 4.35. The van der Waals surface area contributed by atoms with Crippen molar-refractivity contribution in [3.63, 3.8) is 0 Å². The monoisotopic (exact) mass is 400 g/mol. The summed E-state index contributed by atoms with van der Waals surface area (Å²) < 4.78 is 12.8. The number of nitrogen functional groups attached to an aromatic ring is 1. The molecule has 0 radical (unpaired) electrons. The van der Waals surface area contributed by atoms with E-state index in [1.165, 1.54) is 11.1 Å². The fourth-order valence-corrected chi connectivity index (χ4v) is 5.19. The first-order valence-electron chi connectivity index (χ1n) is 9.66. The number of morpholine rings is 1. The average Bonchev–Trinajstić information content (AvgIpc) is 3.12. The van der Waals surface area contributed by atoms with Crippen LogP contribution in [-0.2, 0) is 22.5 Å². The Hall–Kier alpha value is -2.07. The number of hydrazine groups is 1. The lowest BCUT2D eigenvalue weighted by molar-refractivity contribution is -0.0558. The van der Waals surface area contributed by atoms with Crippen molar-refractivity contribution >= 4 is 43.4 Å². The molecule has 0 amide bonds. The number of pyridine rings is 1. The van der Waals surface area contributed by atoms with Crippen LogP contribution in [0, 0.1) is 0 Å². The van der Waals surface area contributed by atoms with Crippen LogP contribution >= 0.6 is 11.3 Å². The predicted octanol–water partition coefficient (Wildman–Crippen LogP) is 2.60. The van der Waals surface area contributed by atoms with Gasteiger partial charge in [0.1, 0.15) is 17.0 Å². The summed E-state index contributed by atoms with van der Waals surface area (Å²) in [5.74, 6) is 7.35. The molecule has 5 heterocycles. The number of nitrogens with one attached hydrogen (secondary N) is 1. The van der Waals surface area contributed by atoms with Crippen molar-refractivity contribution in [2.75, 3.05) is 36.6 Å². The zero-order chi connectivity index (χ0) is 19.3. The van der Waals surface area contributed by atoms with Crippen LogP contribution < -0.4 is 16.2 Å². The second-order valence-corrected chi connectivity index (χ2v) is 8.59. The summed E-state index contributed by atoms with van der Waals surface area (Å²) in [6.45, 7) is 8.07. The molecule has 3 aromatic rings. The number of fused-ring (bicyclic) bond motifs is 5. The molecule has 1 saturated heterocycles. The Labute approximate surface area is 167 Å². The molecule has 3 aromatic heterocycles. The van der Waals surface area contributed by atoms with Gasteiger partial charge in [-0.05, 0) is 18.9 Å². The van der Waals surface area contributed by atoms with E-state index in [0.29, 0.717) is 12.4 Å². The Bertz CT molecular complexity index is 1050. The topological polar surface area (TPSA) is 98.4 Å². The van der Waals surface area contributed by atoms with E-state index in [1.54, 1.807) is 17.7 Å². The zero-order valence-electron chi connectivity index (χ0n) is 16.1. The molecule has 5 rings (SSSR count). The highest BCUT2D eigenvalue weighted by molar-refractivity contribution is 7.26. The number of ether oxygens (including phenoxy) is 2. The van der Waals surface area contributed by atoms with E-state index in [1.807, 2.05) is 0 Å². The van der Waals surface area contributed by atoms with Crippen LogP contribution in [0.2, 0.25) is 0 Å². The first kappa shape index (κ1) is 18.0. The second-order valence-electron chi connectivity index (χ2n) is 7.59. The van der Waals surface area contributed by atoms with Crippen LogP contribution in [-0.4, -0.2) is 46.9 Å². The van der Waals surface area contributed by atoms with E-state index in [2.05, 4.69) is 34.1 Å². The summed E-state index contributed by atoms with van der Waals surface area (Å²) in [6.07, 6.45) is 3.36. The fraction of sp³-hybridized carbons (Fsp3) is 0.526. The van der Waals surface area contributed by atoms with Crippen molar-refractivity contribution in [1.29, 1.82) is 0 Å². The number of nitrogens with two attached hydrogens (primary N) is 1. The Morgan fingerprint density at radius 3 is 2.86 bits per heavy atom. The number of nitrogens with zero attached hydrogens (tertiary/aromatic N) is 4. The summed E-state index contributed by atoms with van der Waals surface area (Å²) in [7, 11) is 0. The SMILES string of the molecule is CCC1(C)Cc2c(c(N3CCOCC3)nc3sc4c(NN)ncnc4c23)CO1. The predicted molar refractivity (Wildman–Crippen MR) is 111 cm³/mol. The van der Waals surface area contributed by atoms with Crippen molar-refractivity contribution in [1.82, 2.24) is 15.0 Å². The lowest BCUT2D eigenvalue weighted by Crippen LogP contribution is -2.40. The van der Waals surface area contributed by atoms with Crippen LogP contribution in [0.4, 0.5) is 11.6 Å². The standard InChI is InChI=1S/C19H24N6O2S/c1-3-19(2)8-11-12(9-27-19)17(25-4-6-26-7-5-25)23-18-13(11)14-15(28-18)16(24-20)22-10-21-14/h10H,3-9,20H2,1-2H3,(H,21,22,24). The summed E-state index contributed by atoms with van der Waals surface area (Å²) in [5, 5.41) is 1.12. The van der Waals surface area contributed by atoms with Crippen LogP contribution in [0.15, 0.2) is 6.33 Å². The van der Waals surface area contributed by atoms with Crippen molar-refractivity contribution < 1.29 is 9.47 Å². The molecule has 1 unspecified atom stereocenters. The molecule has 1 fully saturated rings. The molecule has 9 heteroatoms. The molecule has 3 N–H and O–H groups in total. The van der Waals surface area contributed by atoms with E-state index in [-0.39, 0.29) is 5.60 Å². The first-order valence-corrected chi connectivity index (χ1v) is 10.5. The molecule has 8 nitrogen and oxygen atoms in total. The van der Waals surface area contributed by atoms with Crippen molar-refractivity contribution in [3.8, 4) is 0 Å². The van der Waals surface area contributed by atoms with Gasteiger partial charge in [0.25, 0.3) is 0 Å². The third kappa shape index (κ3) is 2.73. The smallest absolute Gasteiger partial charge is 0.161 e. The molecule has 1 atom stereocenters. The van der Waals surface area contributed by atoms with E-state index in [9.17, 15) is 0 Å². The fourth-order valence-electron chi connectivity index (χ4n) is 4.08. The molecule has 2 aliphatic heterocycles. The van der Waals surface area contributed by atoms with Crippen LogP contribution in [0.25, 0.3) is 20.4 Å². The maximum atomic E-state index is 6.30. The molecule has 2 aliphatic rings. The molecule has 0 aliphatic carbocycles. The van der Waals surface area contributed by atoms with Gasteiger partial charge in [-0.25, -0.2) is 20.8 Å². The third-order valence-corrected chi connectivity index (χ3v) is 6.99. The summed E-state index contributed by atoms with van der Waals surface area (Å²) >= 11 is 1.59. The van der Waals surface area contributed by atoms with Crippen LogP contribution in [0.5, 0.6) is 0 Å². The highest BCUT2D eigenvalue weighted by Gasteiger charge is 2.35. The number of hydrogen-bond donors (Lipinski definition) is 2. The Morgan fingerprint density at radius 2 is 2.11 bits per heavy atom. The van der Waals surface area contributed by atoms with Gasteiger partial charge in [-0.3, -0.25) is 0 Å². The quantitative estimate of drug-likeness (QED) is 0.511. The molecule has 148 valence electrons. The lowest BCUT2D eigenvalue weighted by Gasteiger charge is -2.37. The second kappa shape index (κ2) is 6.77. The van der Waals surface area contributed by atoms with E-state index in [0.717, 1.165) is 65.4 Å². The van der Waals surface area contributed by atoms with Gasteiger partial charge >= 0.3 is 0 Å². The number of thiophene rings is 1. The van der Waals surface area contributed by atoms with Crippen molar-refractivity contribution in [2.45, 2.75) is 38.9 Å². The molecular weight excluding hydrogens is 376 g/mol. The van der Waals surface area contributed by atoms with Gasteiger partial charge in [0.05, 0.1) is 35.6 Å². The molecule has 0 spiro atoms. The molecule has 0 aromatic carbocycles. The highest BCUT2D eigenvalue weighted by Crippen LogP contribution is 2.44. The number of anilines is 2. The maximum absolute atomic E-state index is 6.30. The van der Waals surface area contributed by atoms with Crippen molar-refractivity contribution in [2.24, 2.45) is 5.84 Å².